The second-order valence-electron chi connectivity index (χ2n) is 11.4. The molecule has 0 aliphatic carbocycles. The lowest BCUT2D eigenvalue weighted by Gasteiger charge is -2.43. The molecule has 44 heavy (non-hydrogen) atoms. The molecular weight excluding hydrogens is 622 g/mol. The Morgan fingerprint density at radius 2 is 1.61 bits per heavy atom. The van der Waals surface area contributed by atoms with Gasteiger partial charge in [0.15, 0.2) is 0 Å². The number of aromatic nitrogens is 4. The summed E-state index contributed by atoms with van der Waals surface area (Å²) in [4.78, 5) is 16.9. The molecule has 0 spiro atoms. The standard InChI is InChI=1S/C32H40BrN9O2/c1-39-13-15-41(16-14-39)23-9-11-42(12-10-23)28-18-30(44-4)27(17-24(28)22-19-35-40(2)21-22)37-32-34-20-25(33)31(38-32)36-26-7-5-6-8-29(26)43-3/h5-8,17-21,23H,9-16H2,1-4H3,(H2,34,36,37,38). The molecule has 0 radical (unpaired) electrons. The van der Waals surface area contributed by atoms with E-state index in [0.717, 1.165) is 96.3 Å². The van der Waals surface area contributed by atoms with E-state index >= 15 is 0 Å². The minimum Gasteiger partial charge on any atom is -0.495 e. The van der Waals surface area contributed by atoms with Crippen LogP contribution < -0.4 is 25.0 Å². The lowest BCUT2D eigenvalue weighted by molar-refractivity contribution is 0.0982. The van der Waals surface area contributed by atoms with Gasteiger partial charge in [0.2, 0.25) is 5.95 Å². The molecule has 2 fully saturated rings. The Morgan fingerprint density at radius 3 is 2.32 bits per heavy atom. The Morgan fingerprint density at radius 1 is 0.864 bits per heavy atom. The molecule has 232 valence electrons. The molecule has 12 heteroatoms. The van der Waals surface area contributed by atoms with Crippen LogP contribution in [-0.2, 0) is 7.05 Å². The fraction of sp³-hybridized carbons (Fsp3) is 0.406. The van der Waals surface area contributed by atoms with Crippen LogP contribution in [0.15, 0.2) is 59.5 Å². The topological polar surface area (TPSA) is 95.8 Å². The number of nitrogens with zero attached hydrogens (tertiary/aromatic N) is 7. The molecule has 0 saturated carbocycles. The largest absolute Gasteiger partial charge is 0.495 e. The van der Waals surface area contributed by atoms with Gasteiger partial charge in [0.1, 0.15) is 17.3 Å². The van der Waals surface area contributed by atoms with Gasteiger partial charge in [0, 0.05) is 87.6 Å². The van der Waals surface area contributed by atoms with Crippen molar-refractivity contribution in [3.8, 4) is 22.6 Å². The third-order valence-electron chi connectivity index (χ3n) is 8.54. The summed E-state index contributed by atoms with van der Waals surface area (Å²) in [5.41, 5.74) is 4.85. The van der Waals surface area contributed by atoms with Gasteiger partial charge >= 0.3 is 0 Å². The summed E-state index contributed by atoms with van der Waals surface area (Å²) in [6.45, 7) is 6.60. The molecule has 4 heterocycles. The first-order chi connectivity index (χ1) is 21.4. The zero-order valence-corrected chi connectivity index (χ0v) is 27.3. The lowest BCUT2D eigenvalue weighted by atomic mass is 9.98. The van der Waals surface area contributed by atoms with E-state index in [9.17, 15) is 0 Å². The molecule has 2 N–H and O–H groups in total. The highest BCUT2D eigenvalue weighted by Crippen LogP contribution is 2.41. The van der Waals surface area contributed by atoms with E-state index in [4.69, 9.17) is 14.5 Å². The van der Waals surface area contributed by atoms with Gasteiger partial charge in [-0.05, 0) is 54.0 Å². The van der Waals surface area contributed by atoms with E-state index in [1.54, 1.807) is 20.4 Å². The molecule has 2 aromatic carbocycles. The van der Waals surface area contributed by atoms with Crippen LogP contribution in [-0.4, -0.2) is 96.1 Å². The Labute approximate surface area is 267 Å². The Hall–Kier alpha value is -3.87. The summed E-state index contributed by atoms with van der Waals surface area (Å²) in [6.07, 6.45) is 7.98. The van der Waals surface area contributed by atoms with Crippen LogP contribution in [0.3, 0.4) is 0 Å². The highest BCUT2D eigenvalue weighted by atomic mass is 79.9. The van der Waals surface area contributed by atoms with E-state index in [1.165, 1.54) is 0 Å². The first kappa shape index (κ1) is 30.2. The van der Waals surface area contributed by atoms with Crippen molar-refractivity contribution < 1.29 is 9.47 Å². The molecule has 6 rings (SSSR count). The van der Waals surface area contributed by atoms with Gasteiger partial charge in [-0.2, -0.15) is 10.1 Å². The van der Waals surface area contributed by atoms with Gasteiger partial charge < -0.3 is 29.9 Å². The van der Waals surface area contributed by atoms with E-state index < -0.39 is 0 Å². The molecule has 0 bridgehead atoms. The predicted octanol–water partition coefficient (Wildman–Crippen LogP) is 5.36. The third-order valence-corrected chi connectivity index (χ3v) is 9.12. The minimum absolute atomic E-state index is 0.432. The van der Waals surface area contributed by atoms with Crippen molar-refractivity contribution in [2.24, 2.45) is 7.05 Å². The number of nitrogens with one attached hydrogen (secondary N) is 2. The van der Waals surface area contributed by atoms with Gasteiger partial charge in [0.25, 0.3) is 0 Å². The van der Waals surface area contributed by atoms with Crippen LogP contribution >= 0.6 is 15.9 Å². The number of piperidine rings is 1. The molecule has 2 aliphatic heterocycles. The van der Waals surface area contributed by atoms with Crippen molar-refractivity contribution in [1.82, 2.24) is 29.5 Å². The van der Waals surface area contributed by atoms with E-state index in [1.807, 2.05) is 42.2 Å². The Kier molecular flexibility index (Phi) is 9.20. The third kappa shape index (κ3) is 6.62. The summed E-state index contributed by atoms with van der Waals surface area (Å²) < 4.78 is 14.0. The number of hydrogen-bond acceptors (Lipinski definition) is 10. The quantitative estimate of drug-likeness (QED) is 0.244. The average molecular weight is 663 g/mol. The lowest BCUT2D eigenvalue weighted by Crippen LogP contribution is -2.52. The highest BCUT2D eigenvalue weighted by molar-refractivity contribution is 9.10. The van der Waals surface area contributed by atoms with Crippen LogP contribution in [0.5, 0.6) is 11.5 Å². The fourth-order valence-corrected chi connectivity index (χ4v) is 6.35. The Balaban J connectivity index is 1.27. The molecule has 0 unspecified atom stereocenters. The first-order valence-corrected chi connectivity index (χ1v) is 15.8. The van der Waals surface area contributed by atoms with Crippen LogP contribution in [0, 0.1) is 0 Å². The number of rotatable bonds is 9. The minimum atomic E-state index is 0.432. The maximum absolute atomic E-state index is 5.93. The number of methoxy groups -OCH3 is 2. The molecule has 11 nitrogen and oxygen atoms in total. The molecule has 2 saturated heterocycles. The summed E-state index contributed by atoms with van der Waals surface area (Å²) in [7, 11) is 7.50. The van der Waals surface area contributed by atoms with Crippen molar-refractivity contribution in [2.75, 3.05) is 76.1 Å². The number of hydrogen-bond donors (Lipinski definition) is 2. The maximum atomic E-state index is 5.93. The van der Waals surface area contributed by atoms with Crippen molar-refractivity contribution in [3.05, 3.63) is 59.5 Å². The van der Waals surface area contributed by atoms with Crippen LogP contribution in [0.25, 0.3) is 11.1 Å². The van der Waals surface area contributed by atoms with Crippen molar-refractivity contribution in [1.29, 1.82) is 0 Å². The average Bonchev–Trinajstić information content (AvgIpc) is 3.49. The van der Waals surface area contributed by atoms with Gasteiger partial charge in [0.05, 0.1) is 36.3 Å². The number of likely N-dealkylation sites (N-methyl/N-ethyl adjacent to an activating group) is 1. The van der Waals surface area contributed by atoms with E-state index in [0.29, 0.717) is 17.8 Å². The number of ether oxygens (including phenoxy) is 2. The zero-order chi connectivity index (χ0) is 30.6. The smallest absolute Gasteiger partial charge is 0.229 e. The summed E-state index contributed by atoms with van der Waals surface area (Å²) >= 11 is 3.58. The van der Waals surface area contributed by atoms with Gasteiger partial charge in [-0.15, -0.1) is 0 Å². The first-order valence-electron chi connectivity index (χ1n) is 15.0. The second-order valence-corrected chi connectivity index (χ2v) is 12.2. The summed E-state index contributed by atoms with van der Waals surface area (Å²) in [6, 6.07) is 12.6. The highest BCUT2D eigenvalue weighted by Gasteiger charge is 2.28. The molecule has 0 amide bonds. The van der Waals surface area contributed by atoms with Gasteiger partial charge in [-0.1, -0.05) is 12.1 Å². The van der Waals surface area contributed by atoms with Crippen molar-refractivity contribution >= 4 is 44.8 Å². The molecule has 2 aliphatic rings. The second kappa shape index (κ2) is 13.4. The number of halogens is 1. The van der Waals surface area contributed by atoms with E-state index in [2.05, 4.69) is 76.7 Å². The van der Waals surface area contributed by atoms with E-state index in [-0.39, 0.29) is 0 Å². The molecule has 0 atom stereocenters. The van der Waals surface area contributed by atoms with Crippen molar-refractivity contribution in [3.63, 3.8) is 0 Å². The Bertz CT molecular complexity index is 1580. The SMILES string of the molecule is COc1cc(N2CCC(N3CCN(C)CC3)CC2)c(-c2cnn(C)c2)cc1Nc1ncc(Br)c(Nc2ccccc2OC)n1. The monoisotopic (exact) mass is 661 g/mol. The van der Waals surface area contributed by atoms with Gasteiger partial charge in [-0.3, -0.25) is 9.58 Å². The zero-order valence-electron chi connectivity index (χ0n) is 25.8. The maximum Gasteiger partial charge on any atom is 0.229 e. The summed E-state index contributed by atoms with van der Waals surface area (Å²) in [5.74, 6) is 2.48. The normalized spacial score (nSPS) is 16.6. The predicted molar refractivity (Wildman–Crippen MR) is 179 cm³/mol. The summed E-state index contributed by atoms with van der Waals surface area (Å²) in [5, 5.41) is 11.2. The molecule has 4 aromatic rings. The van der Waals surface area contributed by atoms with Crippen LogP contribution in [0.2, 0.25) is 0 Å². The van der Waals surface area contributed by atoms with Gasteiger partial charge in [-0.25, -0.2) is 4.98 Å². The number of benzene rings is 2. The van der Waals surface area contributed by atoms with Crippen molar-refractivity contribution in [2.45, 2.75) is 18.9 Å². The number of para-hydroxylation sites is 2. The number of piperazine rings is 1. The fourth-order valence-electron chi connectivity index (χ4n) is 6.06. The number of aryl methyl sites for hydroxylation is 1. The number of anilines is 5. The molecule has 2 aromatic heterocycles. The molecular formula is C32H40BrN9O2. The van der Waals surface area contributed by atoms with Crippen LogP contribution in [0.4, 0.5) is 28.8 Å². The van der Waals surface area contributed by atoms with Crippen LogP contribution in [0.1, 0.15) is 12.8 Å².